The maximum absolute atomic E-state index is 5.86. The van der Waals surface area contributed by atoms with Gasteiger partial charge in [-0.1, -0.05) is 30.3 Å². The van der Waals surface area contributed by atoms with E-state index in [0.717, 1.165) is 29.0 Å². The number of nitrogens with one attached hydrogen (secondary N) is 1. The average Bonchev–Trinajstić information content (AvgIpc) is 3.07. The number of nitrogen functional groups attached to an aromatic ring is 1. The van der Waals surface area contributed by atoms with Crippen LogP contribution in [0.4, 0.5) is 11.9 Å². The van der Waals surface area contributed by atoms with Gasteiger partial charge < -0.3 is 20.5 Å². The lowest BCUT2D eigenvalue weighted by Gasteiger charge is -2.32. The van der Waals surface area contributed by atoms with E-state index in [9.17, 15) is 0 Å². The Morgan fingerprint density at radius 3 is 2.77 bits per heavy atom. The lowest BCUT2D eigenvalue weighted by molar-refractivity contribution is 0.379. The minimum atomic E-state index is -0.0385. The van der Waals surface area contributed by atoms with Gasteiger partial charge in [0.2, 0.25) is 11.9 Å². The molecule has 134 valence electrons. The van der Waals surface area contributed by atoms with E-state index in [0.29, 0.717) is 5.95 Å². The molecule has 3 N–H and O–H groups in total. The first-order chi connectivity index (χ1) is 12.7. The van der Waals surface area contributed by atoms with Crippen molar-refractivity contribution in [1.82, 2.24) is 14.8 Å². The summed E-state index contributed by atoms with van der Waals surface area (Å²) in [6.07, 6.45) is 0.781. The summed E-state index contributed by atoms with van der Waals surface area (Å²) in [5.41, 5.74) is 8.04. The highest BCUT2D eigenvalue weighted by molar-refractivity contribution is 5.45. The summed E-state index contributed by atoms with van der Waals surface area (Å²) < 4.78 is 12.8. The van der Waals surface area contributed by atoms with Crippen LogP contribution in [-0.2, 0) is 0 Å². The van der Waals surface area contributed by atoms with Crippen LogP contribution in [0, 0.1) is 0 Å². The second-order valence-corrected chi connectivity index (χ2v) is 6.21. The third kappa shape index (κ3) is 2.81. The summed E-state index contributed by atoms with van der Waals surface area (Å²) in [6, 6.07) is 16.0. The molecule has 7 heteroatoms. The number of benzene rings is 2. The Balaban J connectivity index is 1.78. The van der Waals surface area contributed by atoms with Crippen molar-refractivity contribution < 1.29 is 9.47 Å². The Hall–Kier alpha value is -3.22. The predicted octanol–water partition coefficient (Wildman–Crippen LogP) is 3.02. The second kappa shape index (κ2) is 6.59. The summed E-state index contributed by atoms with van der Waals surface area (Å²) >= 11 is 0. The summed E-state index contributed by atoms with van der Waals surface area (Å²) in [5.74, 6) is 2.55. The van der Waals surface area contributed by atoms with E-state index in [1.54, 1.807) is 14.2 Å². The first kappa shape index (κ1) is 16.3. The first-order valence-corrected chi connectivity index (χ1v) is 8.45. The van der Waals surface area contributed by atoms with Gasteiger partial charge in [0.05, 0.1) is 26.3 Å². The molecule has 3 aromatic rings. The topological polar surface area (TPSA) is 87.2 Å². The molecule has 2 aromatic carbocycles. The molecule has 0 radical (unpaired) electrons. The highest BCUT2D eigenvalue weighted by Crippen LogP contribution is 2.41. The number of para-hydroxylation sites is 1. The second-order valence-electron chi connectivity index (χ2n) is 6.21. The smallest absolute Gasteiger partial charge is 0.241 e. The molecule has 0 saturated heterocycles. The Morgan fingerprint density at radius 2 is 1.96 bits per heavy atom. The number of ether oxygens (including phenoxy) is 2. The minimum absolute atomic E-state index is 0.0385. The highest BCUT2D eigenvalue weighted by Gasteiger charge is 2.32. The molecular formula is C19H21N5O2. The van der Waals surface area contributed by atoms with Crippen LogP contribution in [0.15, 0.2) is 48.5 Å². The highest BCUT2D eigenvalue weighted by atomic mass is 16.5. The molecule has 7 nitrogen and oxygen atoms in total. The number of methoxy groups -OCH3 is 2. The maximum Gasteiger partial charge on any atom is 0.241 e. The number of hydrogen-bond acceptors (Lipinski definition) is 6. The zero-order valence-electron chi connectivity index (χ0n) is 14.7. The molecule has 0 amide bonds. The van der Waals surface area contributed by atoms with Crippen molar-refractivity contribution >= 4 is 11.9 Å². The molecule has 0 aliphatic carbocycles. The number of nitrogens with two attached hydrogens (primary N) is 1. The van der Waals surface area contributed by atoms with Gasteiger partial charge in [0.1, 0.15) is 11.5 Å². The monoisotopic (exact) mass is 351 g/mol. The van der Waals surface area contributed by atoms with Gasteiger partial charge in [0.15, 0.2) is 0 Å². The lowest BCUT2D eigenvalue weighted by Crippen LogP contribution is -2.28. The van der Waals surface area contributed by atoms with Crippen molar-refractivity contribution in [1.29, 1.82) is 0 Å². The fourth-order valence-corrected chi connectivity index (χ4v) is 3.47. The van der Waals surface area contributed by atoms with Crippen molar-refractivity contribution in [2.24, 2.45) is 0 Å². The molecule has 1 aliphatic heterocycles. The summed E-state index contributed by atoms with van der Waals surface area (Å²) in [4.78, 5) is 4.35. The number of hydrogen-bond donors (Lipinski definition) is 2. The third-order valence-corrected chi connectivity index (χ3v) is 4.70. The average molecular weight is 351 g/mol. The van der Waals surface area contributed by atoms with Crippen LogP contribution in [0.2, 0.25) is 0 Å². The fraction of sp³-hybridized carbons (Fsp3) is 0.263. The van der Waals surface area contributed by atoms with E-state index in [1.165, 1.54) is 0 Å². The largest absolute Gasteiger partial charge is 0.497 e. The zero-order chi connectivity index (χ0) is 18.1. The van der Waals surface area contributed by atoms with Gasteiger partial charge >= 0.3 is 0 Å². The normalized spacial score (nSPS) is 18.7. The quantitative estimate of drug-likeness (QED) is 0.751. The molecule has 1 aromatic heterocycles. The van der Waals surface area contributed by atoms with E-state index in [1.807, 2.05) is 41.1 Å². The number of anilines is 2. The molecule has 0 spiro atoms. The van der Waals surface area contributed by atoms with Gasteiger partial charge in [0.25, 0.3) is 0 Å². The van der Waals surface area contributed by atoms with Crippen molar-refractivity contribution in [2.45, 2.75) is 18.5 Å². The molecule has 2 atom stereocenters. The van der Waals surface area contributed by atoms with Crippen molar-refractivity contribution in [3.63, 3.8) is 0 Å². The molecule has 1 aliphatic rings. The predicted molar refractivity (Wildman–Crippen MR) is 99.5 cm³/mol. The van der Waals surface area contributed by atoms with Crippen LogP contribution in [0.25, 0.3) is 0 Å². The maximum atomic E-state index is 5.86. The van der Waals surface area contributed by atoms with Crippen LogP contribution in [0.3, 0.4) is 0 Å². The van der Waals surface area contributed by atoms with Gasteiger partial charge in [0, 0.05) is 5.56 Å². The van der Waals surface area contributed by atoms with Crippen molar-refractivity contribution in [2.75, 3.05) is 25.3 Å². The molecule has 0 fully saturated rings. The number of aromatic nitrogens is 3. The SMILES string of the molecule is COc1cccc([C@@H]2C[C@@H](c3ccccc3OC)n3nc(N)nc3N2)c1. The van der Waals surface area contributed by atoms with Crippen LogP contribution in [0.5, 0.6) is 11.5 Å². The molecule has 0 unspecified atom stereocenters. The Kier molecular flexibility index (Phi) is 4.12. The van der Waals surface area contributed by atoms with Gasteiger partial charge in [-0.2, -0.15) is 4.98 Å². The van der Waals surface area contributed by atoms with E-state index in [-0.39, 0.29) is 18.0 Å². The van der Waals surface area contributed by atoms with E-state index >= 15 is 0 Å². The number of rotatable bonds is 4. The number of nitrogens with zero attached hydrogens (tertiary/aromatic N) is 3. The number of fused-ring (bicyclic) bond motifs is 1. The summed E-state index contributed by atoms with van der Waals surface area (Å²) in [5, 5.41) is 7.82. The van der Waals surface area contributed by atoms with Crippen LogP contribution in [-0.4, -0.2) is 29.0 Å². The fourth-order valence-electron chi connectivity index (χ4n) is 3.47. The van der Waals surface area contributed by atoms with Gasteiger partial charge in [-0.05, 0) is 30.2 Å². The standard InChI is InChI=1S/C19H21N5O2/c1-25-13-7-5-6-12(10-13)15-11-16(14-8-3-4-9-17(14)26-2)24-19(21-15)22-18(20)23-24/h3-10,15-16H,11H2,1-2H3,(H3,20,21,22,23)/t15-,16-/m0/s1. The van der Waals surface area contributed by atoms with Crippen LogP contribution < -0.4 is 20.5 Å². The summed E-state index contributed by atoms with van der Waals surface area (Å²) in [7, 11) is 3.35. The van der Waals surface area contributed by atoms with Gasteiger partial charge in [-0.25, -0.2) is 4.68 Å². The van der Waals surface area contributed by atoms with Gasteiger partial charge in [-0.15, -0.1) is 5.10 Å². The Morgan fingerprint density at radius 1 is 1.12 bits per heavy atom. The Bertz CT molecular complexity index is 924. The molecule has 0 bridgehead atoms. The summed E-state index contributed by atoms with van der Waals surface area (Å²) in [6.45, 7) is 0. The minimum Gasteiger partial charge on any atom is -0.497 e. The third-order valence-electron chi connectivity index (χ3n) is 4.70. The Labute approximate surface area is 151 Å². The van der Waals surface area contributed by atoms with E-state index < -0.39 is 0 Å². The van der Waals surface area contributed by atoms with Crippen LogP contribution in [0.1, 0.15) is 29.6 Å². The van der Waals surface area contributed by atoms with E-state index in [2.05, 4.69) is 27.5 Å². The molecule has 4 rings (SSSR count). The molecule has 2 heterocycles. The van der Waals surface area contributed by atoms with E-state index in [4.69, 9.17) is 15.2 Å². The molecule has 0 saturated carbocycles. The van der Waals surface area contributed by atoms with Crippen molar-refractivity contribution in [3.8, 4) is 11.5 Å². The van der Waals surface area contributed by atoms with Gasteiger partial charge in [-0.3, -0.25) is 0 Å². The molecular weight excluding hydrogens is 330 g/mol. The molecule has 26 heavy (non-hydrogen) atoms. The van der Waals surface area contributed by atoms with Crippen LogP contribution >= 0.6 is 0 Å². The first-order valence-electron chi connectivity index (χ1n) is 8.45. The lowest BCUT2D eigenvalue weighted by atomic mass is 9.93. The van der Waals surface area contributed by atoms with Crippen molar-refractivity contribution in [3.05, 3.63) is 59.7 Å². The zero-order valence-corrected chi connectivity index (χ0v) is 14.7.